The zero-order chi connectivity index (χ0) is 19.3. The number of rotatable bonds is 10. The van der Waals surface area contributed by atoms with Gasteiger partial charge in [0, 0.05) is 30.2 Å². The van der Waals surface area contributed by atoms with Crippen LogP contribution in [0.2, 0.25) is 0 Å². The van der Waals surface area contributed by atoms with E-state index in [-0.39, 0.29) is 5.41 Å². The fourth-order valence-corrected chi connectivity index (χ4v) is 3.95. The summed E-state index contributed by atoms with van der Waals surface area (Å²) in [6.45, 7) is 24.6. The van der Waals surface area contributed by atoms with Gasteiger partial charge in [0.25, 0.3) is 0 Å². The number of nitrogens with zero attached hydrogens (tertiary/aromatic N) is 2. The lowest BCUT2D eigenvalue weighted by Gasteiger charge is -2.44. The summed E-state index contributed by atoms with van der Waals surface area (Å²) in [5.74, 6) is 0.683. The zero-order valence-corrected chi connectivity index (χ0v) is 18.6. The molecule has 1 fully saturated rings. The molecule has 2 heteroatoms. The van der Waals surface area contributed by atoms with Crippen LogP contribution in [0, 0.1) is 16.7 Å². The first-order chi connectivity index (χ1) is 11.5. The lowest BCUT2D eigenvalue weighted by molar-refractivity contribution is 0.114. The van der Waals surface area contributed by atoms with Crippen LogP contribution in [-0.4, -0.2) is 42.5 Å². The van der Waals surface area contributed by atoms with Crippen LogP contribution in [0.4, 0.5) is 0 Å². The minimum atomic E-state index is 0.208. The molecule has 0 bridgehead atoms. The van der Waals surface area contributed by atoms with E-state index in [1.807, 2.05) is 0 Å². The van der Waals surface area contributed by atoms with Crippen molar-refractivity contribution in [2.45, 2.75) is 93.0 Å². The van der Waals surface area contributed by atoms with Crippen molar-refractivity contribution in [1.82, 2.24) is 9.80 Å². The van der Waals surface area contributed by atoms with Gasteiger partial charge in [0.2, 0.25) is 0 Å². The summed E-state index contributed by atoms with van der Waals surface area (Å²) in [5, 5.41) is 0. The maximum atomic E-state index is 4.49. The fraction of sp³-hybridized carbons (Fsp3) is 0.913. The Labute approximate surface area is 159 Å². The molecule has 1 unspecified atom stereocenters. The molecular formula is C23H46N2. The molecule has 25 heavy (non-hydrogen) atoms. The Morgan fingerprint density at radius 1 is 1.16 bits per heavy atom. The number of likely N-dealkylation sites (tertiary alicyclic amines) is 1. The van der Waals surface area contributed by atoms with E-state index in [2.05, 4.69) is 71.9 Å². The first-order valence-electron chi connectivity index (χ1n) is 10.7. The quantitative estimate of drug-likeness (QED) is 0.464. The van der Waals surface area contributed by atoms with Crippen molar-refractivity contribution in [2.75, 3.05) is 26.7 Å². The number of piperidine rings is 1. The molecule has 1 atom stereocenters. The summed E-state index contributed by atoms with van der Waals surface area (Å²) in [4.78, 5) is 5.18. The van der Waals surface area contributed by atoms with Gasteiger partial charge in [-0.15, -0.1) is 0 Å². The highest BCUT2D eigenvalue weighted by Gasteiger charge is 2.33. The molecule has 0 spiro atoms. The van der Waals surface area contributed by atoms with E-state index in [1.165, 1.54) is 63.9 Å². The van der Waals surface area contributed by atoms with Gasteiger partial charge in [0.05, 0.1) is 0 Å². The van der Waals surface area contributed by atoms with Crippen molar-refractivity contribution >= 4 is 0 Å². The maximum Gasteiger partial charge on any atom is 0.0189 e. The smallest absolute Gasteiger partial charge is 0.0189 e. The second kappa shape index (κ2) is 9.44. The summed E-state index contributed by atoms with van der Waals surface area (Å²) in [7, 11) is 2.33. The van der Waals surface area contributed by atoms with Crippen molar-refractivity contribution in [2.24, 2.45) is 16.7 Å². The molecule has 1 rings (SSSR count). The molecule has 0 aromatic heterocycles. The first-order valence-corrected chi connectivity index (χ1v) is 10.7. The first kappa shape index (κ1) is 22.5. The second-order valence-electron chi connectivity index (χ2n) is 9.80. The molecule has 1 aliphatic heterocycles. The number of hydrogen-bond donors (Lipinski definition) is 0. The van der Waals surface area contributed by atoms with E-state index < -0.39 is 0 Å². The summed E-state index contributed by atoms with van der Waals surface area (Å²) in [6, 6.07) is 0.750. The number of hydrogen-bond acceptors (Lipinski definition) is 2. The molecule has 2 nitrogen and oxygen atoms in total. The highest BCUT2D eigenvalue weighted by atomic mass is 15.2. The molecule has 0 amide bonds. The summed E-state index contributed by atoms with van der Waals surface area (Å²) in [6.07, 6.45) is 7.73. The Kier molecular flexibility index (Phi) is 8.51. The van der Waals surface area contributed by atoms with Gasteiger partial charge in [-0.1, -0.05) is 67.9 Å². The zero-order valence-electron chi connectivity index (χ0n) is 18.6. The lowest BCUT2D eigenvalue weighted by Crippen LogP contribution is -2.45. The van der Waals surface area contributed by atoms with Gasteiger partial charge < -0.3 is 9.80 Å². The maximum absolute atomic E-state index is 4.49. The molecule has 0 aromatic rings. The van der Waals surface area contributed by atoms with Crippen molar-refractivity contribution in [3.8, 4) is 0 Å². The van der Waals surface area contributed by atoms with Crippen LogP contribution in [0.5, 0.6) is 0 Å². The van der Waals surface area contributed by atoms with Gasteiger partial charge in [-0.25, -0.2) is 0 Å². The van der Waals surface area contributed by atoms with Gasteiger partial charge >= 0.3 is 0 Å². The third-order valence-corrected chi connectivity index (χ3v) is 7.38. The Morgan fingerprint density at radius 2 is 1.72 bits per heavy atom. The highest BCUT2D eigenvalue weighted by molar-refractivity contribution is 5.09. The molecule has 0 aliphatic carbocycles. The normalized spacial score (nSPS) is 18.7. The highest BCUT2D eigenvalue weighted by Crippen LogP contribution is 2.38. The lowest BCUT2D eigenvalue weighted by atomic mass is 9.75. The molecule has 0 aromatic carbocycles. The van der Waals surface area contributed by atoms with Crippen LogP contribution in [-0.2, 0) is 0 Å². The van der Waals surface area contributed by atoms with E-state index in [0.29, 0.717) is 11.3 Å². The van der Waals surface area contributed by atoms with Crippen molar-refractivity contribution in [3.05, 3.63) is 12.3 Å². The minimum absolute atomic E-state index is 0.208. The molecule has 0 radical (unpaired) electrons. The van der Waals surface area contributed by atoms with E-state index in [0.717, 1.165) is 6.04 Å². The molecule has 1 saturated heterocycles. The Hall–Kier alpha value is -0.500. The molecule has 0 saturated carbocycles. The predicted molar refractivity (Wildman–Crippen MR) is 113 cm³/mol. The van der Waals surface area contributed by atoms with E-state index in [9.17, 15) is 0 Å². The van der Waals surface area contributed by atoms with Gasteiger partial charge in [-0.3, -0.25) is 0 Å². The van der Waals surface area contributed by atoms with Crippen LogP contribution < -0.4 is 0 Å². The second-order valence-corrected chi connectivity index (χ2v) is 9.80. The third-order valence-electron chi connectivity index (χ3n) is 7.38. The average Bonchev–Trinajstić information content (AvgIpc) is 2.60. The number of allylic oxidation sites excluding steroid dienone is 1. The Bertz CT molecular complexity index is 402. The summed E-state index contributed by atoms with van der Waals surface area (Å²) < 4.78 is 0. The van der Waals surface area contributed by atoms with Gasteiger partial charge in [-0.2, -0.15) is 0 Å². The Balaban J connectivity index is 2.44. The third kappa shape index (κ3) is 6.31. The van der Waals surface area contributed by atoms with E-state index >= 15 is 0 Å². The molecule has 148 valence electrons. The van der Waals surface area contributed by atoms with Crippen molar-refractivity contribution < 1.29 is 0 Å². The molecule has 0 N–H and O–H groups in total. The average molecular weight is 351 g/mol. The molecule has 1 heterocycles. The molecule has 1 aliphatic rings. The van der Waals surface area contributed by atoms with Crippen molar-refractivity contribution in [1.29, 1.82) is 0 Å². The van der Waals surface area contributed by atoms with E-state index in [1.54, 1.807) is 0 Å². The van der Waals surface area contributed by atoms with Crippen molar-refractivity contribution in [3.63, 3.8) is 0 Å². The monoisotopic (exact) mass is 350 g/mol. The summed E-state index contributed by atoms with van der Waals surface area (Å²) >= 11 is 0. The van der Waals surface area contributed by atoms with E-state index in [4.69, 9.17) is 0 Å². The molecular weight excluding hydrogens is 304 g/mol. The van der Waals surface area contributed by atoms with Crippen LogP contribution in [0.3, 0.4) is 0 Å². The largest absolute Gasteiger partial charge is 0.375 e. The minimum Gasteiger partial charge on any atom is -0.375 e. The topological polar surface area (TPSA) is 6.48 Å². The Morgan fingerprint density at radius 3 is 2.20 bits per heavy atom. The van der Waals surface area contributed by atoms with Gasteiger partial charge in [-0.05, 0) is 50.6 Å². The predicted octanol–water partition coefficient (Wildman–Crippen LogP) is 6.19. The van der Waals surface area contributed by atoms with Crippen LogP contribution in [0.15, 0.2) is 12.3 Å². The van der Waals surface area contributed by atoms with Gasteiger partial charge in [0.15, 0.2) is 0 Å². The SMILES string of the molecule is C=C(N1CCC(N(C)CCCC(C)(C)CC)CC1)C(C)(C)C(C)CC. The summed E-state index contributed by atoms with van der Waals surface area (Å²) in [5.41, 5.74) is 2.07. The van der Waals surface area contributed by atoms with Crippen LogP contribution >= 0.6 is 0 Å². The fourth-order valence-electron chi connectivity index (χ4n) is 3.95. The van der Waals surface area contributed by atoms with Crippen LogP contribution in [0.25, 0.3) is 0 Å². The standard InChI is InChI=1S/C23H46N2/c1-10-19(3)23(7,8)20(4)25-17-13-21(14-18-25)24(9)16-12-15-22(5,6)11-2/h19,21H,4,10-18H2,1-3,5-9H3. The van der Waals surface area contributed by atoms with Crippen LogP contribution in [0.1, 0.15) is 87.0 Å². The van der Waals surface area contributed by atoms with Gasteiger partial charge in [0.1, 0.15) is 0 Å².